The largest absolute Gasteiger partial charge is 0.506 e. The third-order valence-electron chi connectivity index (χ3n) is 5.26. The Hall–Kier alpha value is -4.15. The number of nitrogen functional groups attached to an aromatic ring is 1. The van der Waals surface area contributed by atoms with E-state index in [1.807, 2.05) is 0 Å². The summed E-state index contributed by atoms with van der Waals surface area (Å²) in [5.41, 5.74) is 15.2. The Morgan fingerprint density at radius 3 is 2.54 bits per heavy atom. The van der Waals surface area contributed by atoms with Crippen LogP contribution >= 0.6 is 15.9 Å². The Balaban J connectivity index is 1.49. The lowest BCUT2D eigenvalue weighted by Gasteiger charge is -2.14. The van der Waals surface area contributed by atoms with Crippen molar-refractivity contribution >= 4 is 44.0 Å². The first kappa shape index (κ1) is 24.0. The van der Waals surface area contributed by atoms with Gasteiger partial charge in [-0.3, -0.25) is 4.79 Å². The fraction of sp³-hybridized carbons (Fsp3) is 0.0800. The number of aliphatic carboxylic acids is 1. The van der Waals surface area contributed by atoms with E-state index in [1.165, 1.54) is 6.07 Å². The van der Waals surface area contributed by atoms with Crippen LogP contribution in [0, 0.1) is 0 Å². The number of phenolic OH excluding ortho intramolecular Hbond substituents is 2. The lowest BCUT2D eigenvalue weighted by atomic mass is 10.1. The van der Waals surface area contributed by atoms with Gasteiger partial charge in [0.1, 0.15) is 34.7 Å². The van der Waals surface area contributed by atoms with Gasteiger partial charge in [0, 0.05) is 16.8 Å². The number of benzene rings is 4. The van der Waals surface area contributed by atoms with Crippen molar-refractivity contribution in [1.29, 1.82) is 0 Å². The van der Waals surface area contributed by atoms with Crippen LogP contribution in [0.3, 0.4) is 0 Å². The van der Waals surface area contributed by atoms with Gasteiger partial charge >= 0.3 is 5.97 Å². The molecule has 4 aromatic carbocycles. The van der Waals surface area contributed by atoms with Gasteiger partial charge in [0.15, 0.2) is 5.75 Å². The highest BCUT2D eigenvalue weighted by Gasteiger charge is 2.14. The molecule has 9 nitrogen and oxygen atoms in total. The molecule has 0 fully saturated rings. The minimum atomic E-state index is -1.11. The Morgan fingerprint density at radius 1 is 1.00 bits per heavy atom. The van der Waals surface area contributed by atoms with Gasteiger partial charge in [-0.25, -0.2) is 5.48 Å². The molecule has 0 spiro atoms. The fourth-order valence-electron chi connectivity index (χ4n) is 3.41. The zero-order valence-corrected chi connectivity index (χ0v) is 19.8. The Bertz CT molecular complexity index is 1410. The highest BCUT2D eigenvalue weighted by Crippen LogP contribution is 2.39. The Kier molecular flexibility index (Phi) is 6.85. The quantitative estimate of drug-likeness (QED) is 0.105. The van der Waals surface area contributed by atoms with E-state index in [0.29, 0.717) is 38.1 Å². The van der Waals surface area contributed by atoms with Crippen molar-refractivity contribution in [3.8, 4) is 28.7 Å². The van der Waals surface area contributed by atoms with Gasteiger partial charge < -0.3 is 36.4 Å². The first-order chi connectivity index (χ1) is 16.7. The standard InChI is InChI=1S/C25H22BrN3O6/c26-17-12-14(35-29-20-11-13(4-8-21(20)30)10-19(28)25(32)33)5-9-23(17)34-22-3-1-2-16-15(22)6-7-18(27)24(16)31/h1-9,11-12,19,29-31H,10,27-28H2,(H,32,33). The first-order valence-corrected chi connectivity index (χ1v) is 11.2. The summed E-state index contributed by atoms with van der Waals surface area (Å²) in [6, 6.07) is 17.2. The lowest BCUT2D eigenvalue weighted by Crippen LogP contribution is -2.32. The smallest absolute Gasteiger partial charge is 0.320 e. The molecule has 0 bridgehead atoms. The SMILES string of the molecule is Nc1ccc2c(Oc3ccc(ONc4cc(CC(N)C(=O)O)ccc4O)cc3Br)cccc2c1O. The van der Waals surface area contributed by atoms with Crippen LogP contribution < -0.4 is 26.5 Å². The number of carboxylic acid groups (broad SMARTS) is 1. The monoisotopic (exact) mass is 539 g/mol. The molecule has 1 unspecified atom stereocenters. The second kappa shape index (κ2) is 10.00. The summed E-state index contributed by atoms with van der Waals surface area (Å²) in [6.07, 6.45) is 0.0976. The molecule has 8 N–H and O–H groups in total. The molecule has 35 heavy (non-hydrogen) atoms. The van der Waals surface area contributed by atoms with Gasteiger partial charge in [-0.05, 0) is 70.4 Å². The number of aromatic hydroxyl groups is 2. The molecule has 10 heteroatoms. The molecule has 4 rings (SSSR count). The third-order valence-corrected chi connectivity index (χ3v) is 5.88. The summed E-state index contributed by atoms with van der Waals surface area (Å²) >= 11 is 3.47. The zero-order valence-electron chi connectivity index (χ0n) is 18.2. The molecule has 0 amide bonds. The van der Waals surface area contributed by atoms with E-state index < -0.39 is 12.0 Å². The summed E-state index contributed by atoms with van der Waals surface area (Å²) in [5, 5.41) is 30.6. The van der Waals surface area contributed by atoms with Gasteiger partial charge in [0.2, 0.25) is 0 Å². The van der Waals surface area contributed by atoms with Crippen LogP contribution in [0.2, 0.25) is 0 Å². The van der Waals surface area contributed by atoms with E-state index >= 15 is 0 Å². The van der Waals surface area contributed by atoms with Crippen LogP contribution in [-0.4, -0.2) is 27.3 Å². The van der Waals surface area contributed by atoms with Crippen molar-refractivity contribution in [2.45, 2.75) is 12.5 Å². The number of nitrogens with one attached hydrogen (secondary N) is 1. The van der Waals surface area contributed by atoms with Crippen LogP contribution in [0.15, 0.2) is 71.2 Å². The molecule has 0 saturated heterocycles. The topological polar surface area (TPSA) is 160 Å². The minimum Gasteiger partial charge on any atom is -0.506 e. The van der Waals surface area contributed by atoms with Crippen LogP contribution in [-0.2, 0) is 11.2 Å². The van der Waals surface area contributed by atoms with Crippen molar-refractivity contribution < 1.29 is 29.7 Å². The molecule has 0 radical (unpaired) electrons. The van der Waals surface area contributed by atoms with Crippen LogP contribution in [0.5, 0.6) is 28.7 Å². The number of fused-ring (bicyclic) bond motifs is 1. The van der Waals surface area contributed by atoms with Crippen molar-refractivity contribution in [2.75, 3.05) is 11.2 Å². The van der Waals surface area contributed by atoms with Crippen LogP contribution in [0.25, 0.3) is 10.8 Å². The summed E-state index contributed by atoms with van der Waals surface area (Å²) in [4.78, 5) is 16.6. The molecule has 0 aliphatic rings. The second-order valence-corrected chi connectivity index (χ2v) is 8.61. The van der Waals surface area contributed by atoms with Crippen LogP contribution in [0.1, 0.15) is 5.56 Å². The fourth-order valence-corrected chi connectivity index (χ4v) is 3.85. The Labute approximate surface area is 208 Å². The number of rotatable bonds is 8. The van der Waals surface area contributed by atoms with Gasteiger partial charge in [-0.2, -0.15) is 0 Å². The number of nitrogens with two attached hydrogens (primary N) is 2. The molecule has 0 aromatic heterocycles. The zero-order chi connectivity index (χ0) is 25.1. The Morgan fingerprint density at radius 2 is 1.80 bits per heavy atom. The molecule has 1 atom stereocenters. The van der Waals surface area contributed by atoms with Crippen molar-refractivity contribution in [3.63, 3.8) is 0 Å². The lowest BCUT2D eigenvalue weighted by molar-refractivity contribution is -0.138. The number of hydrogen-bond acceptors (Lipinski definition) is 8. The molecule has 4 aromatic rings. The van der Waals surface area contributed by atoms with E-state index in [2.05, 4.69) is 21.4 Å². The van der Waals surface area contributed by atoms with Gasteiger partial charge in [0.25, 0.3) is 0 Å². The van der Waals surface area contributed by atoms with Gasteiger partial charge in [-0.15, -0.1) is 0 Å². The number of ether oxygens (including phenoxy) is 1. The predicted molar refractivity (Wildman–Crippen MR) is 136 cm³/mol. The van der Waals surface area contributed by atoms with E-state index in [1.54, 1.807) is 60.7 Å². The molecular weight excluding hydrogens is 518 g/mol. The average molecular weight is 540 g/mol. The highest BCUT2D eigenvalue weighted by molar-refractivity contribution is 9.10. The average Bonchev–Trinajstić information content (AvgIpc) is 2.83. The molecule has 0 aliphatic heterocycles. The van der Waals surface area contributed by atoms with Crippen LogP contribution in [0.4, 0.5) is 11.4 Å². The first-order valence-electron chi connectivity index (χ1n) is 10.4. The van der Waals surface area contributed by atoms with Crippen molar-refractivity contribution in [1.82, 2.24) is 0 Å². The maximum atomic E-state index is 11.0. The van der Waals surface area contributed by atoms with E-state index in [0.717, 1.165) is 0 Å². The van der Waals surface area contributed by atoms with E-state index in [-0.39, 0.29) is 29.3 Å². The van der Waals surface area contributed by atoms with Gasteiger partial charge in [0.05, 0.1) is 10.2 Å². The normalized spacial score (nSPS) is 11.7. The van der Waals surface area contributed by atoms with Crippen molar-refractivity contribution in [3.05, 3.63) is 76.8 Å². The summed E-state index contributed by atoms with van der Waals surface area (Å²) in [7, 11) is 0. The maximum Gasteiger partial charge on any atom is 0.320 e. The molecule has 180 valence electrons. The number of halogens is 1. The minimum absolute atomic E-state index is 0.000830. The number of carbonyl (C=O) groups is 1. The molecule has 0 aliphatic carbocycles. The maximum absolute atomic E-state index is 11.0. The van der Waals surface area contributed by atoms with E-state index in [9.17, 15) is 15.0 Å². The summed E-state index contributed by atoms with van der Waals surface area (Å²) in [5.74, 6) is 0.274. The third kappa shape index (κ3) is 5.34. The summed E-state index contributed by atoms with van der Waals surface area (Å²) in [6.45, 7) is 0. The number of hydrogen-bond donors (Lipinski definition) is 6. The molecular formula is C25H22BrN3O6. The predicted octanol–water partition coefficient (Wildman–Crippen LogP) is 4.75. The summed E-state index contributed by atoms with van der Waals surface area (Å²) < 4.78 is 6.65. The van der Waals surface area contributed by atoms with Crippen molar-refractivity contribution in [2.24, 2.45) is 5.73 Å². The highest BCUT2D eigenvalue weighted by atomic mass is 79.9. The number of anilines is 2. The number of phenols is 2. The molecule has 0 saturated carbocycles. The van der Waals surface area contributed by atoms with E-state index in [4.69, 9.17) is 26.1 Å². The molecule has 0 heterocycles. The second-order valence-electron chi connectivity index (χ2n) is 7.75. The van der Waals surface area contributed by atoms with Gasteiger partial charge in [-0.1, -0.05) is 18.2 Å². The number of carboxylic acids is 1.